The summed E-state index contributed by atoms with van der Waals surface area (Å²) < 4.78 is 10.6. The van der Waals surface area contributed by atoms with Gasteiger partial charge in [-0.25, -0.2) is 24.9 Å². The smallest absolute Gasteiger partial charge is 0.245 e. The molecule has 0 saturated carbocycles. The van der Waals surface area contributed by atoms with Gasteiger partial charge in [-0.2, -0.15) is 5.26 Å². The van der Waals surface area contributed by atoms with Crippen molar-refractivity contribution in [3.05, 3.63) is 163 Å². The van der Waals surface area contributed by atoms with E-state index in [0.717, 1.165) is 32.7 Å². The van der Waals surface area contributed by atoms with E-state index in [-0.39, 0.29) is 42.1 Å². The van der Waals surface area contributed by atoms with E-state index in [9.17, 15) is 14.4 Å². The topological polar surface area (TPSA) is 255 Å². The van der Waals surface area contributed by atoms with Crippen LogP contribution in [0.5, 0.6) is 0 Å². The van der Waals surface area contributed by atoms with E-state index < -0.39 is 0 Å². The number of thiazole rings is 3. The van der Waals surface area contributed by atoms with Crippen LogP contribution in [0.4, 0.5) is 0 Å². The first-order valence-electron chi connectivity index (χ1n) is 19.3. The number of oxazole rings is 1. The number of aromatic amines is 3. The van der Waals surface area contributed by atoms with Gasteiger partial charge in [0.2, 0.25) is 29.1 Å². The Balaban J connectivity index is 0.000000139. The number of nitriles is 1. The molecule has 1 aliphatic rings. The van der Waals surface area contributed by atoms with Crippen LogP contribution in [-0.2, 0) is 4.74 Å². The van der Waals surface area contributed by atoms with Crippen molar-refractivity contribution in [1.29, 1.82) is 5.26 Å². The average molecular weight is 943 g/mol. The maximum atomic E-state index is 12.6. The summed E-state index contributed by atoms with van der Waals surface area (Å²) in [7, 11) is 0. The van der Waals surface area contributed by atoms with Gasteiger partial charge in [0.25, 0.3) is 0 Å². The molecule has 0 unspecified atom stereocenters. The lowest BCUT2D eigenvalue weighted by molar-refractivity contribution is 0.103. The number of benzene rings is 3. The highest BCUT2D eigenvalue weighted by molar-refractivity contribution is 7.12. The molecule has 0 spiro atoms. The number of ketones is 3. The fourth-order valence-corrected chi connectivity index (χ4v) is 8.53. The number of rotatable bonds is 9. The van der Waals surface area contributed by atoms with Crippen molar-refractivity contribution in [2.45, 2.75) is 0 Å². The molecule has 0 amide bonds. The molecule has 16 nitrogen and oxygen atoms in total. The molecular formula is C45H35ClN10O6S3. The minimum atomic E-state index is -0.154. The molecule has 7 aromatic heterocycles. The maximum Gasteiger partial charge on any atom is 0.245 e. The molecule has 65 heavy (non-hydrogen) atoms. The fraction of sp³-hybridized carbons (Fsp3) is 0.0889. The molecule has 11 rings (SSSR count). The maximum absolute atomic E-state index is 12.6. The summed E-state index contributed by atoms with van der Waals surface area (Å²) in [4.78, 5) is 67.6. The summed E-state index contributed by atoms with van der Waals surface area (Å²) in [5, 5.41) is 25.5. The first-order chi connectivity index (χ1) is 31.4. The zero-order chi connectivity index (χ0) is 44.4. The highest BCUT2D eigenvalue weighted by atomic mass is 35.5. The van der Waals surface area contributed by atoms with E-state index in [4.69, 9.17) is 25.3 Å². The van der Waals surface area contributed by atoms with Gasteiger partial charge in [0, 0.05) is 74.0 Å². The fourth-order valence-electron chi connectivity index (χ4n) is 6.35. The molecule has 8 heterocycles. The van der Waals surface area contributed by atoms with Gasteiger partial charge in [-0.3, -0.25) is 14.4 Å². The third-order valence-corrected chi connectivity index (χ3v) is 11.8. The number of ether oxygens (including phenoxy) is 1. The molecule has 0 fully saturated rings. The molecule has 0 radical (unpaired) electrons. The second kappa shape index (κ2) is 21.3. The number of nitrogens with one attached hydrogen (secondary N) is 3. The predicted molar refractivity (Wildman–Crippen MR) is 252 cm³/mol. The van der Waals surface area contributed by atoms with Crippen molar-refractivity contribution in [2.75, 3.05) is 26.3 Å². The second-order valence-electron chi connectivity index (χ2n) is 13.3. The number of aromatic nitrogens is 7. The standard InChI is InChI=1S/C15H11N3O2S.C15H9N3O2S.C13H7N3OS.C2H7NO.ClH/c2*19-13(10-7-17-11-4-2-1-3-9(10)11)15-18-12(8-21-15)14-16-5-6-20-14;14-5-8-7-18-13(16-8)12(17)10-6-15-11-4-2-1-3-9(10)11;3-1-2-4;/h1-4,7-8,17H,5-6H2;1-8,17H;1-4,6-7,15H;4H,1-3H2;1H. The van der Waals surface area contributed by atoms with Crippen molar-refractivity contribution in [3.8, 4) is 17.7 Å². The van der Waals surface area contributed by atoms with Gasteiger partial charge in [0.15, 0.2) is 20.7 Å². The number of H-pyrrole nitrogens is 3. The Labute approximate surface area is 387 Å². The van der Waals surface area contributed by atoms with Crippen molar-refractivity contribution in [2.24, 2.45) is 10.7 Å². The Morgan fingerprint density at radius 3 is 1.60 bits per heavy atom. The quantitative estimate of drug-likeness (QED) is 0.0858. The molecule has 6 N–H and O–H groups in total. The number of hydrogen-bond acceptors (Lipinski definition) is 16. The van der Waals surface area contributed by atoms with Crippen LogP contribution < -0.4 is 5.73 Å². The zero-order valence-electron chi connectivity index (χ0n) is 33.8. The van der Waals surface area contributed by atoms with Gasteiger partial charge in [-0.1, -0.05) is 54.6 Å². The molecule has 326 valence electrons. The number of hydrogen-bond donors (Lipinski definition) is 5. The molecule has 3 aromatic carbocycles. The Hall–Kier alpha value is -7.44. The number of nitrogens with two attached hydrogens (primary N) is 1. The second-order valence-corrected chi connectivity index (χ2v) is 15.9. The number of halogens is 1. The highest BCUT2D eigenvalue weighted by Crippen LogP contribution is 2.27. The van der Waals surface area contributed by atoms with Crippen molar-refractivity contribution in [1.82, 2.24) is 34.9 Å². The zero-order valence-corrected chi connectivity index (χ0v) is 37.0. The summed E-state index contributed by atoms with van der Waals surface area (Å²) in [5.74, 6) is 0.616. The van der Waals surface area contributed by atoms with E-state index in [2.05, 4.69) is 39.9 Å². The monoisotopic (exact) mass is 942 g/mol. The summed E-state index contributed by atoms with van der Waals surface area (Å²) in [6, 6.07) is 24.9. The van der Waals surface area contributed by atoms with Gasteiger partial charge in [-0.05, 0) is 18.2 Å². The molecule has 0 saturated heterocycles. The first-order valence-corrected chi connectivity index (χ1v) is 22.0. The van der Waals surface area contributed by atoms with Crippen LogP contribution >= 0.6 is 46.4 Å². The van der Waals surface area contributed by atoms with Crippen LogP contribution in [0.3, 0.4) is 0 Å². The molecule has 0 bridgehead atoms. The van der Waals surface area contributed by atoms with E-state index in [1.54, 1.807) is 35.5 Å². The van der Waals surface area contributed by atoms with Gasteiger partial charge < -0.3 is 34.9 Å². The SMILES string of the molecule is Cl.N#Cc1csc(C(=O)c2c[nH]c3ccccc23)n1.NCCO.O=C(c1nc(-c2ncco2)cs1)c1c[nH]c2ccccc12.O=C(c1nc(C2=NCCO2)cs1)c1c[nH]c2ccccc12. The van der Waals surface area contributed by atoms with E-state index in [1.165, 1.54) is 40.3 Å². The Morgan fingerprint density at radius 2 is 1.17 bits per heavy atom. The van der Waals surface area contributed by atoms with Crippen molar-refractivity contribution in [3.63, 3.8) is 0 Å². The molecule has 1 aliphatic heterocycles. The normalized spacial score (nSPS) is 11.5. The van der Waals surface area contributed by atoms with Crippen molar-refractivity contribution < 1.29 is 28.6 Å². The molecule has 0 aliphatic carbocycles. The highest BCUT2D eigenvalue weighted by Gasteiger charge is 2.22. The third-order valence-electron chi connectivity index (χ3n) is 9.30. The summed E-state index contributed by atoms with van der Waals surface area (Å²) >= 11 is 3.80. The lowest BCUT2D eigenvalue weighted by atomic mass is 10.1. The summed E-state index contributed by atoms with van der Waals surface area (Å²) in [6.07, 6.45) is 8.17. The summed E-state index contributed by atoms with van der Waals surface area (Å²) in [5.41, 5.74) is 10.9. The van der Waals surface area contributed by atoms with Crippen LogP contribution in [-0.4, -0.2) is 89.5 Å². The van der Waals surface area contributed by atoms with E-state index in [1.807, 2.05) is 84.2 Å². The number of fused-ring (bicyclic) bond motifs is 3. The average Bonchev–Trinajstić information content (AvgIpc) is 4.19. The number of carbonyl (C=O) groups is 3. The Bertz CT molecular complexity index is 3300. The number of para-hydroxylation sites is 3. The molecular weight excluding hydrogens is 908 g/mol. The number of nitrogens with zero attached hydrogens (tertiary/aromatic N) is 6. The molecule has 0 atom stereocenters. The number of aliphatic hydroxyl groups excluding tert-OH is 1. The Morgan fingerprint density at radius 1 is 0.708 bits per heavy atom. The lowest BCUT2D eigenvalue weighted by Gasteiger charge is -1.96. The summed E-state index contributed by atoms with van der Waals surface area (Å²) in [6.45, 7) is 1.71. The number of carbonyl (C=O) groups excluding carboxylic acids is 3. The Kier molecular flexibility index (Phi) is 14.9. The first kappa shape index (κ1) is 45.6. The minimum absolute atomic E-state index is 0. The van der Waals surface area contributed by atoms with Gasteiger partial charge in [0.05, 0.1) is 36.0 Å². The van der Waals surface area contributed by atoms with Crippen molar-refractivity contribution >= 4 is 102 Å². The molecule has 10 aromatic rings. The van der Waals surface area contributed by atoms with Crippen LogP contribution in [0.25, 0.3) is 44.3 Å². The largest absolute Gasteiger partial charge is 0.474 e. The lowest BCUT2D eigenvalue weighted by Crippen LogP contribution is -2.04. The van der Waals surface area contributed by atoms with Crippen LogP contribution in [0.2, 0.25) is 0 Å². The number of aliphatic imine (C=N–C) groups is 1. The van der Waals surface area contributed by atoms with Gasteiger partial charge >= 0.3 is 0 Å². The van der Waals surface area contributed by atoms with Gasteiger partial charge in [0.1, 0.15) is 30.3 Å². The van der Waals surface area contributed by atoms with Crippen LogP contribution in [0.15, 0.2) is 129 Å². The molecule has 20 heteroatoms. The predicted octanol–water partition coefficient (Wildman–Crippen LogP) is 8.23. The minimum Gasteiger partial charge on any atom is -0.474 e. The van der Waals surface area contributed by atoms with E-state index >= 15 is 0 Å². The third kappa shape index (κ3) is 10.2. The van der Waals surface area contributed by atoms with Crippen LogP contribution in [0, 0.1) is 11.3 Å². The van der Waals surface area contributed by atoms with E-state index in [0.29, 0.717) is 74.6 Å². The van der Waals surface area contributed by atoms with Crippen LogP contribution in [0.1, 0.15) is 57.5 Å². The van der Waals surface area contributed by atoms with Gasteiger partial charge in [-0.15, -0.1) is 46.4 Å². The number of aliphatic hydroxyl groups is 1.